The molecule has 17 heteroatoms. The van der Waals surface area contributed by atoms with Crippen molar-refractivity contribution in [2.75, 3.05) is 6.54 Å². The van der Waals surface area contributed by atoms with E-state index in [0.717, 1.165) is 51.6 Å². The van der Waals surface area contributed by atoms with Crippen molar-refractivity contribution in [2.45, 2.75) is 70.3 Å². The molecule has 0 spiro atoms. The molecule has 2 aromatic carbocycles. The summed E-state index contributed by atoms with van der Waals surface area (Å²) in [7, 11) is 0. The van der Waals surface area contributed by atoms with Crippen LogP contribution in [0.15, 0.2) is 154 Å². The van der Waals surface area contributed by atoms with Crippen molar-refractivity contribution in [3.63, 3.8) is 0 Å². The molecule has 0 aliphatic carbocycles. The predicted molar refractivity (Wildman–Crippen MR) is 259 cm³/mol. The second kappa shape index (κ2) is 26.6. The Morgan fingerprint density at radius 1 is 0.985 bits per heavy atom. The first-order chi connectivity index (χ1) is 31.1. The molecule has 3 aliphatic rings. The van der Waals surface area contributed by atoms with E-state index >= 15 is 0 Å². The second-order valence-electron chi connectivity index (χ2n) is 14.4. The average Bonchev–Trinajstić information content (AvgIpc) is 3.77. The van der Waals surface area contributed by atoms with Gasteiger partial charge in [0.15, 0.2) is 0 Å². The third-order valence-electron chi connectivity index (χ3n) is 9.80. The van der Waals surface area contributed by atoms with E-state index in [0.29, 0.717) is 17.5 Å². The topological polar surface area (TPSA) is 213 Å². The van der Waals surface area contributed by atoms with Gasteiger partial charge in [0.2, 0.25) is 0 Å². The summed E-state index contributed by atoms with van der Waals surface area (Å²) in [4.78, 5) is 24.2. The molecule has 1 radical (unpaired) electrons. The number of carboxylic acids is 2. The molecule has 0 amide bonds. The van der Waals surface area contributed by atoms with Crippen molar-refractivity contribution in [1.82, 2.24) is 0 Å². The predicted octanol–water partition coefficient (Wildman–Crippen LogP) is 13.0. The zero-order valence-electron chi connectivity index (χ0n) is 35.8. The van der Waals surface area contributed by atoms with Crippen molar-refractivity contribution < 1.29 is 52.5 Å². The first-order valence-electron chi connectivity index (χ1n) is 20.3. The van der Waals surface area contributed by atoms with Gasteiger partial charge in [-0.2, -0.15) is 47.3 Å². The molecule has 0 saturated carbocycles. The van der Waals surface area contributed by atoms with Gasteiger partial charge in [-0.25, -0.2) is 9.59 Å². The van der Waals surface area contributed by atoms with Gasteiger partial charge >= 0.3 is 37.6 Å². The number of hydrogen-bond donors (Lipinski definition) is 3. The SMILES string of the molecule is C\C=C(/C=C([NH-])/C([NH-])=C/C(N)C(F)(F)F)c1sccc1CCCCCC.O=C(O)C1=CC[N-]C(C2=CC(C(=O)O)=CC(C3C=C(C#Cc4ccc5ccccc5c4)C=C[N-]3)[N-]2)=C1.[N-]=C=S.[Ru+5]. The molecular weight excluding hydrogens is 973 g/mol. The minimum absolute atomic E-state index is 0. The zero-order chi connectivity index (χ0) is 47.5. The number of nitrogens with one attached hydrogen (secondary N) is 2. The van der Waals surface area contributed by atoms with Crippen LogP contribution in [0.2, 0.25) is 0 Å². The fourth-order valence-corrected chi connectivity index (χ4v) is 7.46. The fourth-order valence-electron chi connectivity index (χ4n) is 6.45. The van der Waals surface area contributed by atoms with Gasteiger partial charge in [-0.05, 0) is 65.3 Å². The number of aliphatic carboxylic acids is 2. The first-order valence-corrected chi connectivity index (χ1v) is 21.6. The summed E-state index contributed by atoms with van der Waals surface area (Å²) in [6.07, 6.45) is 15.9. The van der Waals surface area contributed by atoms with Crippen LogP contribution in [0.4, 0.5) is 13.2 Å². The van der Waals surface area contributed by atoms with Gasteiger partial charge in [0.25, 0.3) is 0 Å². The smallest absolute Gasteiger partial charge is 0.753 e. The fraction of sp³-hybridized carbons (Fsp3) is 0.245. The number of nitrogens with two attached hydrogens (primary N) is 1. The van der Waals surface area contributed by atoms with Gasteiger partial charge in [0.1, 0.15) is 6.04 Å². The van der Waals surface area contributed by atoms with Crippen molar-refractivity contribution in [3.05, 3.63) is 203 Å². The van der Waals surface area contributed by atoms with Crippen molar-refractivity contribution >= 4 is 57.0 Å². The number of aryl methyl sites for hydroxylation is 1. The standard InChI is InChI=1S/C29H20N3O4.C19H26F3N3S.CNS.Ru/c33-28(34)22-10-12-31-25(15-22)27-17-23(29(35)36)16-26(32-27)24-14-19(9-11-30-24)6-5-18-7-8-20-3-1-2-4-21(20)13-18;1-3-5-6-7-8-14-9-10-26-18(14)13(4-2)11-15(23)16(24)12-17(25)19(20,21)22;2-1-3;/h1-4,7-11,13-17,24,26H,12H2,(H,33,34)(H,35,36);4,9-12,17,23-24H,3,5-8,25H2,1-2H3;;/q-3;-2;-1;+5/b;13-4+,15-11-,16-12-;;. The number of carbonyl (C=O) groups is 2. The largest absolute Gasteiger partial charge is 5.00 e. The molecule has 11 nitrogen and oxygen atoms in total. The maximum absolute atomic E-state index is 12.5. The summed E-state index contributed by atoms with van der Waals surface area (Å²) < 4.78 is 37.5. The number of allylic oxidation sites excluding steroid dienone is 5. The summed E-state index contributed by atoms with van der Waals surface area (Å²) in [6, 6.07) is 12.9. The third kappa shape index (κ3) is 16.3. The van der Waals surface area contributed by atoms with Crippen LogP contribution in [0.5, 0.6) is 0 Å². The van der Waals surface area contributed by atoms with Crippen LogP contribution in [0.25, 0.3) is 49.2 Å². The molecule has 3 aromatic rings. The van der Waals surface area contributed by atoms with Gasteiger partial charge in [0, 0.05) is 16.0 Å². The third-order valence-corrected chi connectivity index (χ3v) is 10.8. The van der Waals surface area contributed by atoms with Crippen molar-refractivity contribution in [1.29, 1.82) is 0 Å². The number of isothiocyanates is 1. The Morgan fingerprint density at radius 2 is 1.68 bits per heavy atom. The number of fused-ring (bicyclic) bond motifs is 1. The van der Waals surface area contributed by atoms with Crippen LogP contribution in [-0.2, 0) is 35.5 Å². The van der Waals surface area contributed by atoms with E-state index in [2.05, 4.69) is 53.0 Å². The molecule has 1 aromatic heterocycles. The second-order valence-corrected chi connectivity index (χ2v) is 15.5. The number of hydrogen-bond acceptors (Lipinski definition) is 5. The van der Waals surface area contributed by atoms with Crippen LogP contribution in [0, 0.1) is 11.8 Å². The number of thiophene rings is 1. The van der Waals surface area contributed by atoms with Gasteiger partial charge in [-0.3, -0.25) is 0 Å². The molecule has 4 heterocycles. The summed E-state index contributed by atoms with van der Waals surface area (Å²) >= 11 is 5.24. The van der Waals surface area contributed by atoms with E-state index in [1.165, 1.54) is 59.2 Å². The molecule has 6 rings (SSSR count). The maximum atomic E-state index is 12.5. The Bertz CT molecular complexity index is 2610. The molecule has 6 N–H and O–H groups in total. The van der Waals surface area contributed by atoms with Crippen LogP contribution in [0.1, 0.15) is 55.5 Å². The molecule has 0 fully saturated rings. The van der Waals surface area contributed by atoms with Crippen molar-refractivity contribution in [3.8, 4) is 11.8 Å². The first kappa shape index (κ1) is 54.1. The number of benzene rings is 2. The van der Waals surface area contributed by atoms with Gasteiger partial charge in [-0.15, -0.1) is 30.0 Å². The summed E-state index contributed by atoms with van der Waals surface area (Å²) in [6.45, 7) is 4.15. The zero-order valence-corrected chi connectivity index (χ0v) is 39.2. The number of nitrogens with zero attached hydrogens (tertiary/aromatic N) is 4. The Morgan fingerprint density at radius 3 is 2.35 bits per heavy atom. The molecule has 0 bridgehead atoms. The number of rotatable bonds is 13. The minimum Gasteiger partial charge on any atom is -0.753 e. The van der Waals surface area contributed by atoms with E-state index in [-0.39, 0.29) is 42.9 Å². The van der Waals surface area contributed by atoms with Crippen LogP contribution in [0.3, 0.4) is 0 Å². The van der Waals surface area contributed by atoms with Crippen LogP contribution >= 0.6 is 23.6 Å². The molecule has 3 unspecified atom stereocenters. The average molecular weight is 1020 g/mol. The van der Waals surface area contributed by atoms with Crippen LogP contribution < -0.4 is 5.73 Å². The summed E-state index contributed by atoms with van der Waals surface area (Å²) in [5, 5.41) is 45.1. The number of alkyl halides is 3. The van der Waals surface area contributed by atoms with Gasteiger partial charge < -0.3 is 48.8 Å². The van der Waals surface area contributed by atoms with E-state index in [1.54, 1.807) is 18.4 Å². The molecular formula is C49H46F3N7O4RuS2-. The Labute approximate surface area is 404 Å². The van der Waals surface area contributed by atoms with Crippen LogP contribution in [-0.4, -0.2) is 58.2 Å². The van der Waals surface area contributed by atoms with E-state index in [4.69, 9.17) is 22.6 Å². The normalized spacial score (nSPS) is 17.4. The number of thiocarbonyl (C=S) groups is 1. The summed E-state index contributed by atoms with van der Waals surface area (Å²) in [5.41, 5.74) is 24.1. The molecule has 343 valence electrons. The number of unbranched alkanes of at least 4 members (excludes halogenated alkanes) is 3. The number of halogens is 3. The van der Waals surface area contributed by atoms with Gasteiger partial charge in [-0.1, -0.05) is 135 Å². The number of carboxylic acid groups (broad SMARTS) is 2. The summed E-state index contributed by atoms with van der Waals surface area (Å²) in [5.74, 6) is 4.17. The molecule has 0 saturated heterocycles. The van der Waals surface area contributed by atoms with E-state index in [9.17, 15) is 33.0 Å². The minimum atomic E-state index is -4.62. The molecule has 3 atom stereocenters. The van der Waals surface area contributed by atoms with E-state index < -0.39 is 41.9 Å². The molecule has 3 aliphatic heterocycles. The van der Waals surface area contributed by atoms with Gasteiger partial charge in [0.05, 0.1) is 11.1 Å². The maximum Gasteiger partial charge on any atom is 5.00 e. The Kier molecular flexibility index (Phi) is 21.8. The quantitative estimate of drug-likeness (QED) is 0.0378. The van der Waals surface area contributed by atoms with E-state index in [1.807, 2.05) is 66.9 Å². The monoisotopic (exact) mass is 1020 g/mol. The van der Waals surface area contributed by atoms with Crippen molar-refractivity contribution in [2.24, 2.45) is 5.73 Å². The Balaban J connectivity index is 0.000000343. The molecule has 66 heavy (non-hydrogen) atoms. The Hall–Kier alpha value is -6.27.